The number of pyridine rings is 1. The maximum atomic E-state index is 12.7. The van der Waals surface area contributed by atoms with Gasteiger partial charge in [0.15, 0.2) is 11.5 Å². The molecule has 1 heterocycles. The van der Waals surface area contributed by atoms with Gasteiger partial charge in [-0.2, -0.15) is 13.2 Å². The van der Waals surface area contributed by atoms with Crippen molar-refractivity contribution in [2.75, 3.05) is 14.2 Å². The highest BCUT2D eigenvalue weighted by molar-refractivity contribution is 5.71. The Labute approximate surface area is 114 Å². The van der Waals surface area contributed by atoms with Crippen LogP contribution in [0, 0.1) is 0 Å². The van der Waals surface area contributed by atoms with Crippen LogP contribution in [0.3, 0.4) is 0 Å². The molecule has 0 atom stereocenters. The van der Waals surface area contributed by atoms with Crippen LogP contribution in [0.15, 0.2) is 36.5 Å². The van der Waals surface area contributed by atoms with E-state index >= 15 is 0 Å². The maximum Gasteiger partial charge on any atom is 0.416 e. The van der Waals surface area contributed by atoms with Crippen LogP contribution in [0.1, 0.15) is 5.56 Å². The van der Waals surface area contributed by atoms with E-state index in [0.717, 1.165) is 18.3 Å². The molecule has 2 rings (SSSR count). The molecular weight excluding hydrogens is 271 g/mol. The second-order valence-corrected chi connectivity index (χ2v) is 3.97. The molecule has 0 N–H and O–H groups in total. The van der Waals surface area contributed by atoms with Crippen LogP contribution in [-0.4, -0.2) is 19.2 Å². The minimum Gasteiger partial charge on any atom is -0.493 e. The van der Waals surface area contributed by atoms with E-state index < -0.39 is 11.7 Å². The van der Waals surface area contributed by atoms with Gasteiger partial charge in [-0.05, 0) is 24.3 Å². The fourth-order valence-electron chi connectivity index (χ4n) is 1.84. The van der Waals surface area contributed by atoms with Crippen molar-refractivity contribution >= 4 is 0 Å². The monoisotopic (exact) mass is 283 g/mol. The quantitative estimate of drug-likeness (QED) is 0.859. The van der Waals surface area contributed by atoms with Crippen molar-refractivity contribution in [3.8, 4) is 22.8 Å². The van der Waals surface area contributed by atoms with Crippen LogP contribution in [0.4, 0.5) is 13.2 Å². The summed E-state index contributed by atoms with van der Waals surface area (Å²) in [7, 11) is 2.89. The molecule has 0 aliphatic rings. The van der Waals surface area contributed by atoms with Gasteiger partial charge >= 0.3 is 6.18 Å². The zero-order chi connectivity index (χ0) is 14.8. The Morgan fingerprint density at radius 1 is 1.05 bits per heavy atom. The molecule has 0 bridgehead atoms. The summed E-state index contributed by atoms with van der Waals surface area (Å²) in [6.07, 6.45) is -3.29. The predicted octanol–water partition coefficient (Wildman–Crippen LogP) is 3.78. The SMILES string of the molecule is COc1cccc(-c2cc(C(F)(F)F)ccn2)c1OC. The van der Waals surface area contributed by atoms with Gasteiger partial charge in [-0.15, -0.1) is 0 Å². The number of ether oxygens (including phenoxy) is 2. The minimum atomic E-state index is -4.41. The summed E-state index contributed by atoms with van der Waals surface area (Å²) in [5.74, 6) is 0.783. The van der Waals surface area contributed by atoms with Crippen molar-refractivity contribution in [2.24, 2.45) is 0 Å². The molecular formula is C14H12F3NO2. The molecule has 0 saturated heterocycles. The average Bonchev–Trinajstić information content (AvgIpc) is 2.45. The standard InChI is InChI=1S/C14H12F3NO2/c1-19-12-5-3-4-10(13(12)20-2)11-8-9(6-7-18-11)14(15,16)17/h3-8H,1-2H3. The lowest BCUT2D eigenvalue weighted by molar-refractivity contribution is -0.137. The molecule has 0 fully saturated rings. The van der Waals surface area contributed by atoms with E-state index in [4.69, 9.17) is 9.47 Å². The third-order valence-corrected chi connectivity index (χ3v) is 2.77. The number of nitrogens with zero attached hydrogens (tertiary/aromatic N) is 1. The zero-order valence-corrected chi connectivity index (χ0v) is 10.9. The number of para-hydroxylation sites is 1. The summed E-state index contributed by atoms with van der Waals surface area (Å²) in [5, 5.41) is 0. The number of alkyl halides is 3. The molecule has 106 valence electrons. The predicted molar refractivity (Wildman–Crippen MR) is 67.8 cm³/mol. The number of benzene rings is 1. The first-order valence-corrected chi connectivity index (χ1v) is 5.72. The molecule has 0 aliphatic carbocycles. The van der Waals surface area contributed by atoms with Gasteiger partial charge in [-0.25, -0.2) is 0 Å². The number of methoxy groups -OCH3 is 2. The Morgan fingerprint density at radius 3 is 2.40 bits per heavy atom. The lowest BCUT2D eigenvalue weighted by atomic mass is 10.1. The van der Waals surface area contributed by atoms with Crippen LogP contribution in [0.5, 0.6) is 11.5 Å². The summed E-state index contributed by atoms with van der Waals surface area (Å²) in [5.41, 5.74) is -0.138. The smallest absolute Gasteiger partial charge is 0.416 e. The largest absolute Gasteiger partial charge is 0.493 e. The number of aromatic nitrogens is 1. The fourth-order valence-corrected chi connectivity index (χ4v) is 1.84. The summed E-state index contributed by atoms with van der Waals surface area (Å²) >= 11 is 0. The molecule has 0 spiro atoms. The van der Waals surface area contributed by atoms with Crippen LogP contribution in [0.25, 0.3) is 11.3 Å². The molecule has 0 unspecified atom stereocenters. The van der Waals surface area contributed by atoms with Crippen molar-refractivity contribution in [1.29, 1.82) is 0 Å². The Hall–Kier alpha value is -2.24. The third-order valence-electron chi connectivity index (χ3n) is 2.77. The summed E-state index contributed by atoms with van der Waals surface area (Å²) < 4.78 is 48.5. The van der Waals surface area contributed by atoms with E-state index in [0.29, 0.717) is 17.1 Å². The first kappa shape index (κ1) is 14.2. The number of halogens is 3. The highest BCUT2D eigenvalue weighted by atomic mass is 19.4. The van der Waals surface area contributed by atoms with Crippen LogP contribution >= 0.6 is 0 Å². The van der Waals surface area contributed by atoms with E-state index in [1.807, 2.05) is 0 Å². The molecule has 0 radical (unpaired) electrons. The van der Waals surface area contributed by atoms with Crippen molar-refractivity contribution in [3.05, 3.63) is 42.1 Å². The van der Waals surface area contributed by atoms with E-state index in [1.54, 1.807) is 18.2 Å². The zero-order valence-electron chi connectivity index (χ0n) is 10.9. The van der Waals surface area contributed by atoms with Gasteiger partial charge in [0.2, 0.25) is 0 Å². The van der Waals surface area contributed by atoms with Crippen molar-refractivity contribution in [1.82, 2.24) is 4.98 Å². The Morgan fingerprint density at radius 2 is 1.80 bits per heavy atom. The second kappa shape index (κ2) is 5.40. The molecule has 1 aromatic carbocycles. The first-order chi connectivity index (χ1) is 9.47. The Kier molecular flexibility index (Phi) is 3.83. The van der Waals surface area contributed by atoms with Gasteiger partial charge in [0.25, 0.3) is 0 Å². The molecule has 0 saturated carbocycles. The molecule has 3 nitrogen and oxygen atoms in total. The fraction of sp³-hybridized carbons (Fsp3) is 0.214. The van der Waals surface area contributed by atoms with Crippen LogP contribution < -0.4 is 9.47 Å². The van der Waals surface area contributed by atoms with Crippen molar-refractivity contribution in [3.63, 3.8) is 0 Å². The number of rotatable bonds is 3. The highest BCUT2D eigenvalue weighted by Gasteiger charge is 2.31. The molecule has 20 heavy (non-hydrogen) atoms. The van der Waals surface area contributed by atoms with Gasteiger partial charge in [0, 0.05) is 11.8 Å². The van der Waals surface area contributed by atoms with E-state index in [1.165, 1.54) is 14.2 Å². The van der Waals surface area contributed by atoms with Crippen molar-refractivity contribution in [2.45, 2.75) is 6.18 Å². The first-order valence-electron chi connectivity index (χ1n) is 5.72. The van der Waals surface area contributed by atoms with Gasteiger partial charge in [0.1, 0.15) is 0 Å². The summed E-state index contributed by atoms with van der Waals surface area (Å²) in [6, 6.07) is 6.87. The molecule has 1 aromatic heterocycles. The topological polar surface area (TPSA) is 31.4 Å². The maximum absolute atomic E-state index is 12.7. The molecule has 0 aliphatic heterocycles. The van der Waals surface area contributed by atoms with E-state index in [2.05, 4.69) is 4.98 Å². The average molecular weight is 283 g/mol. The second-order valence-electron chi connectivity index (χ2n) is 3.97. The third kappa shape index (κ3) is 2.68. The highest BCUT2D eigenvalue weighted by Crippen LogP contribution is 2.38. The minimum absolute atomic E-state index is 0.176. The lowest BCUT2D eigenvalue weighted by Crippen LogP contribution is -2.05. The van der Waals surface area contributed by atoms with E-state index in [9.17, 15) is 13.2 Å². The number of hydrogen-bond donors (Lipinski definition) is 0. The number of hydrogen-bond acceptors (Lipinski definition) is 3. The van der Waals surface area contributed by atoms with Gasteiger partial charge in [-0.1, -0.05) is 6.07 Å². The van der Waals surface area contributed by atoms with Crippen molar-refractivity contribution < 1.29 is 22.6 Å². The van der Waals surface area contributed by atoms with Crippen LogP contribution in [-0.2, 0) is 6.18 Å². The van der Waals surface area contributed by atoms with Gasteiger partial charge < -0.3 is 9.47 Å². The molecule has 0 amide bonds. The Bertz CT molecular complexity index is 612. The lowest BCUT2D eigenvalue weighted by Gasteiger charge is -2.13. The van der Waals surface area contributed by atoms with Gasteiger partial charge in [0.05, 0.1) is 25.5 Å². The molecule has 2 aromatic rings. The normalized spacial score (nSPS) is 11.2. The summed E-state index contributed by atoms with van der Waals surface area (Å²) in [6.45, 7) is 0. The van der Waals surface area contributed by atoms with Crippen LogP contribution in [0.2, 0.25) is 0 Å². The molecule has 6 heteroatoms. The van der Waals surface area contributed by atoms with Gasteiger partial charge in [-0.3, -0.25) is 4.98 Å². The Balaban J connectivity index is 2.57. The van der Waals surface area contributed by atoms with E-state index in [-0.39, 0.29) is 5.69 Å². The summed E-state index contributed by atoms with van der Waals surface area (Å²) in [4.78, 5) is 3.97.